The Hall–Kier alpha value is -1.35. The minimum Gasteiger partial charge on any atom is -0.314 e. The normalized spacial score (nSPS) is 18.2. The van der Waals surface area contributed by atoms with Gasteiger partial charge in [0.25, 0.3) is 0 Å². The fourth-order valence-electron chi connectivity index (χ4n) is 2.69. The summed E-state index contributed by atoms with van der Waals surface area (Å²) in [5.74, 6) is -6.53. The minimum atomic E-state index is -4.54. The molecule has 1 fully saturated rings. The van der Waals surface area contributed by atoms with Crippen molar-refractivity contribution in [2.75, 3.05) is 26.2 Å². The zero-order valence-corrected chi connectivity index (χ0v) is 12.0. The van der Waals surface area contributed by atoms with Crippen LogP contribution in [-0.2, 0) is 0 Å². The minimum absolute atomic E-state index is 0.0484. The van der Waals surface area contributed by atoms with E-state index in [-0.39, 0.29) is 19.2 Å². The molecule has 2 rings (SSSR count). The molecule has 1 N–H and O–H groups in total. The van der Waals surface area contributed by atoms with Crippen LogP contribution in [0.2, 0.25) is 0 Å². The Kier molecular flexibility index (Phi) is 5.51. The lowest BCUT2D eigenvalue weighted by atomic mass is 9.97. The lowest BCUT2D eigenvalue weighted by Gasteiger charge is -2.35. The van der Waals surface area contributed by atoms with Gasteiger partial charge in [-0.25, -0.2) is 17.6 Å². The number of hydrogen-bond acceptors (Lipinski definition) is 2. The lowest BCUT2D eigenvalue weighted by Crippen LogP contribution is -2.45. The first kappa shape index (κ1) is 18.0. The predicted molar refractivity (Wildman–Crippen MR) is 68.7 cm³/mol. The van der Waals surface area contributed by atoms with Crippen molar-refractivity contribution in [2.45, 2.75) is 25.1 Å². The average Bonchev–Trinajstić information content (AvgIpc) is 2.48. The summed E-state index contributed by atoms with van der Waals surface area (Å²) in [6.07, 6.45) is -6.52. The van der Waals surface area contributed by atoms with E-state index in [0.717, 1.165) is 0 Å². The molecule has 23 heavy (non-hydrogen) atoms. The van der Waals surface area contributed by atoms with Crippen LogP contribution in [0.4, 0.5) is 30.7 Å². The van der Waals surface area contributed by atoms with Gasteiger partial charge in [0.2, 0.25) is 0 Å². The SMILES string of the molecule is Fc1cc(F)c(F)c([C@@H](CCC(F)(F)F)N2CCNCC2)c1F. The fraction of sp³-hybridized carbons (Fsp3) is 0.571. The van der Waals surface area contributed by atoms with Gasteiger partial charge in [-0.15, -0.1) is 0 Å². The Morgan fingerprint density at radius 1 is 1.00 bits per heavy atom. The summed E-state index contributed by atoms with van der Waals surface area (Å²) >= 11 is 0. The zero-order valence-electron chi connectivity index (χ0n) is 12.0. The van der Waals surface area contributed by atoms with Gasteiger partial charge >= 0.3 is 6.18 Å². The summed E-state index contributed by atoms with van der Waals surface area (Å²) < 4.78 is 92.2. The van der Waals surface area contributed by atoms with E-state index in [4.69, 9.17) is 0 Å². The van der Waals surface area contributed by atoms with Gasteiger partial charge in [0, 0.05) is 50.3 Å². The smallest absolute Gasteiger partial charge is 0.314 e. The molecule has 9 heteroatoms. The molecule has 1 aliphatic heterocycles. The van der Waals surface area contributed by atoms with E-state index < -0.39 is 53.9 Å². The summed E-state index contributed by atoms with van der Waals surface area (Å²) in [5, 5.41) is 2.95. The number of benzene rings is 1. The highest BCUT2D eigenvalue weighted by atomic mass is 19.4. The summed E-state index contributed by atoms with van der Waals surface area (Å²) in [6.45, 7) is 1.26. The van der Waals surface area contributed by atoms with Crippen LogP contribution in [0.25, 0.3) is 0 Å². The van der Waals surface area contributed by atoms with Gasteiger partial charge in [0.05, 0.1) is 0 Å². The number of halogens is 7. The summed E-state index contributed by atoms with van der Waals surface area (Å²) in [6, 6.07) is -1.34. The van der Waals surface area contributed by atoms with Crippen LogP contribution in [0.15, 0.2) is 6.07 Å². The van der Waals surface area contributed by atoms with Gasteiger partial charge in [-0.1, -0.05) is 0 Å². The molecule has 0 unspecified atom stereocenters. The molecular weight excluding hydrogens is 329 g/mol. The van der Waals surface area contributed by atoms with Gasteiger partial charge in [-0.05, 0) is 6.42 Å². The molecule has 0 bridgehead atoms. The number of hydrogen-bond donors (Lipinski definition) is 1. The molecule has 1 heterocycles. The van der Waals surface area contributed by atoms with E-state index in [1.165, 1.54) is 4.90 Å². The van der Waals surface area contributed by atoms with E-state index in [0.29, 0.717) is 13.1 Å². The van der Waals surface area contributed by atoms with E-state index in [9.17, 15) is 30.7 Å². The third-order valence-corrected chi connectivity index (χ3v) is 3.77. The van der Waals surface area contributed by atoms with Crippen LogP contribution in [0.3, 0.4) is 0 Å². The van der Waals surface area contributed by atoms with Crippen molar-refractivity contribution in [1.29, 1.82) is 0 Å². The van der Waals surface area contributed by atoms with Crippen LogP contribution in [0.5, 0.6) is 0 Å². The van der Waals surface area contributed by atoms with Crippen molar-refractivity contribution in [3.63, 3.8) is 0 Å². The molecule has 0 amide bonds. The van der Waals surface area contributed by atoms with Crippen molar-refractivity contribution in [1.82, 2.24) is 10.2 Å². The molecule has 1 aromatic rings. The Morgan fingerprint density at radius 2 is 1.52 bits per heavy atom. The highest BCUT2D eigenvalue weighted by molar-refractivity contribution is 5.26. The molecule has 1 saturated heterocycles. The number of nitrogens with zero attached hydrogens (tertiary/aromatic N) is 1. The number of rotatable bonds is 4. The maximum Gasteiger partial charge on any atom is 0.389 e. The summed E-state index contributed by atoms with van der Waals surface area (Å²) in [5.41, 5.74) is -0.978. The van der Waals surface area contributed by atoms with Crippen molar-refractivity contribution < 1.29 is 30.7 Å². The highest BCUT2D eigenvalue weighted by Crippen LogP contribution is 2.35. The maximum atomic E-state index is 14.0. The van der Waals surface area contributed by atoms with Gasteiger partial charge in [0.15, 0.2) is 23.3 Å². The van der Waals surface area contributed by atoms with Crippen molar-refractivity contribution in [3.05, 3.63) is 34.9 Å². The third kappa shape index (κ3) is 4.35. The van der Waals surface area contributed by atoms with Crippen LogP contribution < -0.4 is 5.32 Å². The first-order valence-electron chi connectivity index (χ1n) is 7.05. The third-order valence-electron chi connectivity index (χ3n) is 3.77. The zero-order chi connectivity index (χ0) is 17.2. The Balaban J connectivity index is 2.40. The largest absolute Gasteiger partial charge is 0.389 e. The molecule has 1 atom stereocenters. The molecule has 2 nitrogen and oxygen atoms in total. The van der Waals surface area contributed by atoms with Crippen molar-refractivity contribution in [3.8, 4) is 0 Å². The summed E-state index contributed by atoms with van der Waals surface area (Å²) in [7, 11) is 0. The first-order valence-corrected chi connectivity index (χ1v) is 7.05. The molecule has 0 saturated carbocycles. The average molecular weight is 344 g/mol. The van der Waals surface area contributed by atoms with Gasteiger partial charge in [-0.3, -0.25) is 4.90 Å². The molecular formula is C14H15F7N2. The van der Waals surface area contributed by atoms with Crippen LogP contribution in [0.1, 0.15) is 24.4 Å². The van der Waals surface area contributed by atoms with Crippen LogP contribution >= 0.6 is 0 Å². The number of piperazine rings is 1. The van der Waals surface area contributed by atoms with Crippen LogP contribution in [-0.4, -0.2) is 37.3 Å². The van der Waals surface area contributed by atoms with Crippen molar-refractivity contribution in [2.24, 2.45) is 0 Å². The second kappa shape index (κ2) is 7.04. The van der Waals surface area contributed by atoms with Gasteiger partial charge in [0.1, 0.15) is 0 Å². The molecule has 130 valence electrons. The molecule has 1 aromatic carbocycles. The predicted octanol–water partition coefficient (Wildman–Crippen LogP) is 3.53. The topological polar surface area (TPSA) is 15.3 Å². The molecule has 0 radical (unpaired) electrons. The fourth-order valence-corrected chi connectivity index (χ4v) is 2.69. The lowest BCUT2D eigenvalue weighted by molar-refractivity contribution is -0.138. The van der Waals surface area contributed by atoms with Crippen molar-refractivity contribution >= 4 is 0 Å². The van der Waals surface area contributed by atoms with E-state index in [2.05, 4.69) is 5.32 Å². The van der Waals surface area contributed by atoms with E-state index >= 15 is 0 Å². The molecule has 1 aliphatic rings. The van der Waals surface area contributed by atoms with Crippen LogP contribution in [0, 0.1) is 23.3 Å². The van der Waals surface area contributed by atoms with Gasteiger partial charge in [-0.2, -0.15) is 13.2 Å². The number of nitrogens with one attached hydrogen (secondary N) is 1. The van der Waals surface area contributed by atoms with E-state index in [1.54, 1.807) is 0 Å². The standard InChI is InChI=1S/C14H15F7N2/c15-8-7-9(16)13(18)11(12(8)17)10(1-2-14(19,20)21)23-5-3-22-4-6-23/h7,10,22H,1-6H2/t10-/m1/s1. The second-order valence-electron chi connectivity index (χ2n) is 5.34. The quantitative estimate of drug-likeness (QED) is 0.664. The number of alkyl halides is 3. The Labute approximate surface area is 128 Å². The Bertz CT molecular complexity index is 527. The second-order valence-corrected chi connectivity index (χ2v) is 5.34. The molecule has 0 aliphatic carbocycles. The Morgan fingerprint density at radius 3 is 2.00 bits per heavy atom. The highest BCUT2D eigenvalue weighted by Gasteiger charge is 2.35. The molecule has 0 spiro atoms. The molecule has 0 aromatic heterocycles. The summed E-state index contributed by atoms with van der Waals surface area (Å²) in [4.78, 5) is 1.41. The maximum absolute atomic E-state index is 14.0. The monoisotopic (exact) mass is 344 g/mol. The first-order chi connectivity index (χ1) is 10.7. The van der Waals surface area contributed by atoms with E-state index in [1.807, 2.05) is 0 Å². The van der Waals surface area contributed by atoms with Gasteiger partial charge < -0.3 is 5.32 Å².